The topological polar surface area (TPSA) is 58.4 Å². The molecule has 0 aliphatic carbocycles. The second kappa shape index (κ2) is 6.56. The Kier molecular flexibility index (Phi) is 5.61. The van der Waals surface area contributed by atoms with Crippen molar-refractivity contribution >= 4 is 5.91 Å². The summed E-state index contributed by atoms with van der Waals surface area (Å²) in [6.07, 6.45) is -2.96. The SMILES string of the molecule is CCC(N)C(N1CCC(NC(C)=O)CC1)C(F)(F)F. The van der Waals surface area contributed by atoms with E-state index < -0.39 is 18.3 Å². The number of halogens is 3. The molecule has 0 bridgehead atoms. The Balaban J connectivity index is 2.62. The number of nitrogens with zero attached hydrogens (tertiary/aromatic N) is 1. The predicted octanol–water partition coefficient (Wildman–Crippen LogP) is 1.26. The number of hydrogen-bond acceptors (Lipinski definition) is 3. The lowest BCUT2D eigenvalue weighted by Gasteiger charge is -2.40. The minimum atomic E-state index is -4.31. The third-order valence-corrected chi connectivity index (χ3v) is 3.54. The van der Waals surface area contributed by atoms with Gasteiger partial charge in [-0.15, -0.1) is 0 Å². The average molecular weight is 281 g/mol. The van der Waals surface area contributed by atoms with Crippen molar-refractivity contribution in [3.05, 3.63) is 0 Å². The molecule has 0 aromatic carbocycles. The Bertz CT molecular complexity index is 301. The number of nitrogens with two attached hydrogens (primary N) is 1. The maximum atomic E-state index is 13.1. The molecule has 1 heterocycles. The number of carbonyl (C=O) groups is 1. The lowest BCUT2D eigenvalue weighted by Crippen LogP contribution is -2.59. The molecule has 1 aliphatic heterocycles. The molecule has 4 nitrogen and oxygen atoms in total. The summed E-state index contributed by atoms with van der Waals surface area (Å²) in [6, 6.07) is -2.52. The highest BCUT2D eigenvalue weighted by atomic mass is 19.4. The summed E-state index contributed by atoms with van der Waals surface area (Å²) in [6.45, 7) is 3.69. The first kappa shape index (κ1) is 16.2. The van der Waals surface area contributed by atoms with Crippen LogP contribution in [0.4, 0.5) is 13.2 Å². The minimum Gasteiger partial charge on any atom is -0.354 e. The number of alkyl halides is 3. The van der Waals surface area contributed by atoms with Crippen LogP contribution < -0.4 is 11.1 Å². The van der Waals surface area contributed by atoms with Gasteiger partial charge < -0.3 is 11.1 Å². The molecular formula is C12H22F3N3O. The zero-order valence-electron chi connectivity index (χ0n) is 11.3. The van der Waals surface area contributed by atoms with Crippen LogP contribution in [-0.4, -0.2) is 48.2 Å². The van der Waals surface area contributed by atoms with Gasteiger partial charge in [-0.25, -0.2) is 0 Å². The van der Waals surface area contributed by atoms with Crippen LogP contribution >= 0.6 is 0 Å². The molecule has 2 atom stereocenters. The van der Waals surface area contributed by atoms with Gasteiger partial charge in [-0.3, -0.25) is 9.69 Å². The van der Waals surface area contributed by atoms with Crippen LogP contribution in [-0.2, 0) is 4.79 Å². The summed E-state index contributed by atoms with van der Waals surface area (Å²) < 4.78 is 39.2. The maximum Gasteiger partial charge on any atom is 0.405 e. The summed E-state index contributed by atoms with van der Waals surface area (Å²) in [5.41, 5.74) is 5.62. The van der Waals surface area contributed by atoms with Gasteiger partial charge in [0.1, 0.15) is 6.04 Å². The van der Waals surface area contributed by atoms with E-state index in [1.54, 1.807) is 6.92 Å². The third kappa shape index (κ3) is 4.65. The first-order chi connectivity index (χ1) is 8.75. The molecule has 0 aromatic heterocycles. The first-order valence-corrected chi connectivity index (χ1v) is 6.59. The maximum absolute atomic E-state index is 13.1. The Morgan fingerprint density at radius 3 is 2.32 bits per heavy atom. The van der Waals surface area contributed by atoms with Crippen LogP contribution in [0, 0.1) is 0 Å². The van der Waals surface area contributed by atoms with Gasteiger partial charge >= 0.3 is 6.18 Å². The summed E-state index contributed by atoms with van der Waals surface area (Å²) >= 11 is 0. The number of likely N-dealkylation sites (tertiary alicyclic amines) is 1. The molecule has 0 saturated carbocycles. The molecule has 1 fully saturated rings. The van der Waals surface area contributed by atoms with Crippen molar-refractivity contribution in [3.63, 3.8) is 0 Å². The first-order valence-electron chi connectivity index (χ1n) is 6.59. The van der Waals surface area contributed by atoms with Crippen molar-refractivity contribution in [2.75, 3.05) is 13.1 Å². The lowest BCUT2D eigenvalue weighted by atomic mass is 9.98. The number of amides is 1. The molecule has 0 spiro atoms. The van der Waals surface area contributed by atoms with Crippen LogP contribution in [0.3, 0.4) is 0 Å². The summed E-state index contributed by atoms with van der Waals surface area (Å²) in [4.78, 5) is 12.3. The largest absolute Gasteiger partial charge is 0.405 e. The van der Waals surface area contributed by atoms with Crippen LogP contribution in [0.5, 0.6) is 0 Å². The highest BCUT2D eigenvalue weighted by molar-refractivity contribution is 5.73. The molecule has 1 amide bonds. The van der Waals surface area contributed by atoms with E-state index in [2.05, 4.69) is 5.32 Å². The van der Waals surface area contributed by atoms with Crippen LogP contribution in [0.25, 0.3) is 0 Å². The fourth-order valence-electron chi connectivity index (χ4n) is 2.55. The lowest BCUT2D eigenvalue weighted by molar-refractivity contribution is -0.192. The van der Waals surface area contributed by atoms with E-state index >= 15 is 0 Å². The summed E-state index contributed by atoms with van der Waals surface area (Å²) in [5, 5.41) is 2.75. The van der Waals surface area contributed by atoms with E-state index in [4.69, 9.17) is 5.73 Å². The van der Waals surface area contributed by atoms with Crippen LogP contribution in [0.2, 0.25) is 0 Å². The normalized spacial score (nSPS) is 22.0. The van der Waals surface area contributed by atoms with E-state index in [1.165, 1.54) is 11.8 Å². The zero-order chi connectivity index (χ0) is 14.6. The van der Waals surface area contributed by atoms with Gasteiger partial charge in [0.05, 0.1) is 0 Å². The molecular weight excluding hydrogens is 259 g/mol. The molecule has 0 aromatic rings. The molecule has 1 rings (SSSR count). The highest BCUT2D eigenvalue weighted by Crippen LogP contribution is 2.29. The highest BCUT2D eigenvalue weighted by Gasteiger charge is 2.47. The summed E-state index contributed by atoms with van der Waals surface area (Å²) in [5.74, 6) is -0.143. The monoisotopic (exact) mass is 281 g/mol. The van der Waals surface area contributed by atoms with Crippen molar-refractivity contribution in [3.8, 4) is 0 Å². The summed E-state index contributed by atoms with van der Waals surface area (Å²) in [7, 11) is 0. The van der Waals surface area contributed by atoms with Gasteiger partial charge in [0.2, 0.25) is 5.91 Å². The van der Waals surface area contributed by atoms with E-state index in [0.717, 1.165) is 0 Å². The second-order valence-corrected chi connectivity index (χ2v) is 5.07. The predicted molar refractivity (Wildman–Crippen MR) is 66.5 cm³/mol. The number of piperidine rings is 1. The number of nitrogens with one attached hydrogen (secondary N) is 1. The van der Waals surface area contributed by atoms with E-state index in [-0.39, 0.29) is 18.4 Å². The fourth-order valence-corrected chi connectivity index (χ4v) is 2.55. The number of carbonyl (C=O) groups excluding carboxylic acids is 1. The van der Waals surface area contributed by atoms with Crippen molar-refractivity contribution < 1.29 is 18.0 Å². The Labute approximate surface area is 111 Å². The van der Waals surface area contributed by atoms with Gasteiger partial charge in [-0.2, -0.15) is 13.2 Å². The Hall–Kier alpha value is -0.820. The fraction of sp³-hybridized carbons (Fsp3) is 0.917. The molecule has 2 unspecified atom stereocenters. The standard InChI is InChI=1S/C12H22F3N3O/c1-3-10(16)11(12(13,14)15)18-6-4-9(5-7-18)17-8(2)19/h9-11H,3-7,16H2,1-2H3,(H,17,19). The molecule has 7 heteroatoms. The molecule has 3 N–H and O–H groups in total. The molecule has 1 saturated heterocycles. The van der Waals surface area contributed by atoms with Crippen LogP contribution in [0.15, 0.2) is 0 Å². The zero-order valence-corrected chi connectivity index (χ0v) is 11.3. The smallest absolute Gasteiger partial charge is 0.354 e. The molecule has 19 heavy (non-hydrogen) atoms. The van der Waals surface area contributed by atoms with Crippen molar-refractivity contribution in [1.29, 1.82) is 0 Å². The van der Waals surface area contributed by atoms with E-state index in [9.17, 15) is 18.0 Å². The second-order valence-electron chi connectivity index (χ2n) is 5.07. The third-order valence-electron chi connectivity index (χ3n) is 3.54. The van der Waals surface area contributed by atoms with Crippen molar-refractivity contribution in [2.45, 2.75) is 57.4 Å². The van der Waals surface area contributed by atoms with Crippen LogP contribution in [0.1, 0.15) is 33.1 Å². The quantitative estimate of drug-likeness (QED) is 0.815. The Morgan fingerprint density at radius 2 is 1.95 bits per heavy atom. The van der Waals surface area contributed by atoms with Crippen molar-refractivity contribution in [2.24, 2.45) is 5.73 Å². The van der Waals surface area contributed by atoms with Crippen molar-refractivity contribution in [1.82, 2.24) is 10.2 Å². The Morgan fingerprint density at radius 1 is 1.42 bits per heavy atom. The average Bonchev–Trinajstić information content (AvgIpc) is 2.29. The molecule has 112 valence electrons. The van der Waals surface area contributed by atoms with Gasteiger partial charge in [0.25, 0.3) is 0 Å². The van der Waals surface area contributed by atoms with Gasteiger partial charge in [-0.05, 0) is 19.3 Å². The number of rotatable bonds is 4. The van der Waals surface area contributed by atoms with E-state index in [1.807, 2.05) is 0 Å². The molecule has 1 aliphatic rings. The van der Waals surface area contributed by atoms with Gasteiger partial charge in [0, 0.05) is 32.1 Å². The van der Waals surface area contributed by atoms with Gasteiger partial charge in [0.15, 0.2) is 0 Å². The van der Waals surface area contributed by atoms with E-state index in [0.29, 0.717) is 25.9 Å². The molecule has 0 radical (unpaired) electrons. The van der Waals surface area contributed by atoms with Gasteiger partial charge in [-0.1, -0.05) is 6.92 Å². The number of hydrogen-bond donors (Lipinski definition) is 2. The minimum absolute atomic E-state index is 0.0273.